The third-order valence-electron chi connectivity index (χ3n) is 2.59. The molecule has 0 aliphatic heterocycles. The van der Waals surface area contributed by atoms with Gasteiger partial charge in [-0.05, 0) is 34.7 Å². The number of anilines is 1. The molecule has 2 aromatic carbocycles. The number of non-ortho nitro benzene ring substituents is 1. The SMILES string of the molecule is O=C(Nc1c(Cl)cc([N+](=O)[O-])cc1Cl)c1ccccc1I. The Hall–Kier alpha value is -1.38. The first-order valence-electron chi connectivity index (χ1n) is 5.59. The summed E-state index contributed by atoms with van der Waals surface area (Å²) in [5, 5.41) is 13.3. The number of carbonyl (C=O) groups excluding carboxylic acids is 1. The average Bonchev–Trinajstić information content (AvgIpc) is 2.42. The van der Waals surface area contributed by atoms with Crippen molar-refractivity contribution < 1.29 is 9.72 Å². The van der Waals surface area contributed by atoms with E-state index in [-0.39, 0.29) is 21.4 Å². The summed E-state index contributed by atoms with van der Waals surface area (Å²) in [7, 11) is 0. The van der Waals surface area contributed by atoms with Crippen molar-refractivity contribution >= 4 is 63.1 Å². The lowest BCUT2D eigenvalue weighted by atomic mass is 10.2. The van der Waals surface area contributed by atoms with Gasteiger partial charge >= 0.3 is 0 Å². The van der Waals surface area contributed by atoms with Gasteiger partial charge in [-0.2, -0.15) is 0 Å². The van der Waals surface area contributed by atoms with Crippen LogP contribution in [0.2, 0.25) is 10.0 Å². The number of nitrogens with zero attached hydrogens (tertiary/aromatic N) is 1. The first kappa shape index (κ1) is 16.0. The van der Waals surface area contributed by atoms with E-state index >= 15 is 0 Å². The third kappa shape index (κ3) is 3.63. The smallest absolute Gasteiger partial charge is 0.272 e. The van der Waals surface area contributed by atoms with Crippen LogP contribution in [0.4, 0.5) is 11.4 Å². The van der Waals surface area contributed by atoms with Gasteiger partial charge in [0.05, 0.1) is 26.2 Å². The number of nitro groups is 1. The first-order valence-corrected chi connectivity index (χ1v) is 7.43. The Kier molecular flexibility index (Phi) is 5.02. The summed E-state index contributed by atoms with van der Waals surface area (Å²) < 4.78 is 0.766. The molecule has 0 unspecified atom stereocenters. The molecule has 0 atom stereocenters. The summed E-state index contributed by atoms with van der Waals surface area (Å²) >= 11 is 13.9. The Morgan fingerprint density at radius 3 is 2.29 bits per heavy atom. The molecule has 2 rings (SSSR count). The second-order valence-corrected chi connectivity index (χ2v) is 5.95. The van der Waals surface area contributed by atoms with Gasteiger partial charge in [-0.1, -0.05) is 35.3 Å². The van der Waals surface area contributed by atoms with Gasteiger partial charge in [-0.3, -0.25) is 14.9 Å². The number of carbonyl (C=O) groups is 1. The fourth-order valence-corrected chi connectivity index (χ4v) is 2.81. The molecule has 0 bridgehead atoms. The molecule has 0 radical (unpaired) electrons. The molecular weight excluding hydrogens is 430 g/mol. The van der Waals surface area contributed by atoms with Crippen LogP contribution in [-0.4, -0.2) is 10.8 Å². The normalized spacial score (nSPS) is 10.2. The molecule has 0 saturated heterocycles. The van der Waals surface area contributed by atoms with Crippen molar-refractivity contribution in [2.75, 3.05) is 5.32 Å². The van der Waals surface area contributed by atoms with Gasteiger partial charge in [-0.15, -0.1) is 0 Å². The van der Waals surface area contributed by atoms with Crippen molar-refractivity contribution in [1.29, 1.82) is 0 Å². The van der Waals surface area contributed by atoms with Crippen molar-refractivity contribution in [3.05, 3.63) is 65.7 Å². The quantitative estimate of drug-likeness (QED) is 0.428. The van der Waals surface area contributed by atoms with Gasteiger partial charge in [0, 0.05) is 15.7 Å². The van der Waals surface area contributed by atoms with Crippen LogP contribution < -0.4 is 5.32 Å². The van der Waals surface area contributed by atoms with Gasteiger partial charge in [0.2, 0.25) is 0 Å². The molecule has 0 aliphatic carbocycles. The Bertz CT molecular complexity index is 714. The second kappa shape index (κ2) is 6.59. The zero-order chi connectivity index (χ0) is 15.6. The summed E-state index contributed by atoms with van der Waals surface area (Å²) in [5.41, 5.74) is 0.370. The van der Waals surface area contributed by atoms with E-state index in [1.807, 2.05) is 28.7 Å². The van der Waals surface area contributed by atoms with Crippen LogP contribution >= 0.6 is 45.8 Å². The zero-order valence-corrected chi connectivity index (χ0v) is 13.9. The van der Waals surface area contributed by atoms with Crippen LogP contribution in [0.15, 0.2) is 36.4 Å². The number of rotatable bonds is 3. The molecule has 0 spiro atoms. The molecule has 8 heteroatoms. The van der Waals surface area contributed by atoms with Crippen LogP contribution in [-0.2, 0) is 0 Å². The molecule has 1 N–H and O–H groups in total. The molecule has 1 amide bonds. The number of nitrogens with one attached hydrogen (secondary N) is 1. The van der Waals surface area contributed by atoms with Crippen molar-refractivity contribution in [2.24, 2.45) is 0 Å². The van der Waals surface area contributed by atoms with E-state index in [1.54, 1.807) is 18.2 Å². The highest BCUT2D eigenvalue weighted by molar-refractivity contribution is 14.1. The monoisotopic (exact) mass is 436 g/mol. The van der Waals surface area contributed by atoms with E-state index in [4.69, 9.17) is 23.2 Å². The van der Waals surface area contributed by atoms with E-state index in [1.165, 1.54) is 0 Å². The summed E-state index contributed by atoms with van der Waals surface area (Å²) in [6, 6.07) is 9.26. The van der Waals surface area contributed by atoms with Crippen LogP contribution in [0.1, 0.15) is 10.4 Å². The van der Waals surface area contributed by atoms with Gasteiger partial charge in [0.15, 0.2) is 0 Å². The highest BCUT2D eigenvalue weighted by Gasteiger charge is 2.18. The number of hydrogen-bond acceptors (Lipinski definition) is 3. The van der Waals surface area contributed by atoms with Crippen LogP contribution in [0.5, 0.6) is 0 Å². The molecule has 0 fully saturated rings. The number of benzene rings is 2. The molecule has 21 heavy (non-hydrogen) atoms. The predicted molar refractivity (Wildman–Crippen MR) is 90.2 cm³/mol. The van der Waals surface area contributed by atoms with Crippen molar-refractivity contribution in [2.45, 2.75) is 0 Å². The van der Waals surface area contributed by atoms with E-state index < -0.39 is 10.8 Å². The molecule has 0 saturated carbocycles. The lowest BCUT2D eigenvalue weighted by Gasteiger charge is -2.10. The Labute approximate surface area is 143 Å². The lowest BCUT2D eigenvalue weighted by molar-refractivity contribution is -0.384. The summed E-state index contributed by atoms with van der Waals surface area (Å²) in [6.45, 7) is 0. The molecule has 0 aromatic heterocycles. The summed E-state index contributed by atoms with van der Waals surface area (Å²) in [6.07, 6.45) is 0. The summed E-state index contributed by atoms with van der Waals surface area (Å²) in [5.74, 6) is -0.391. The van der Waals surface area contributed by atoms with Crippen LogP contribution in [0.3, 0.4) is 0 Å². The largest absolute Gasteiger partial charge is 0.319 e. The number of hydrogen-bond donors (Lipinski definition) is 1. The Morgan fingerprint density at radius 2 is 1.76 bits per heavy atom. The molecule has 2 aromatic rings. The standard InChI is InChI=1S/C13H7Cl2IN2O3/c14-9-5-7(18(20)21)6-10(15)12(9)17-13(19)8-3-1-2-4-11(8)16/h1-6H,(H,17,19). The van der Waals surface area contributed by atoms with Crippen LogP contribution in [0.25, 0.3) is 0 Å². The summed E-state index contributed by atoms with van der Waals surface area (Å²) in [4.78, 5) is 22.3. The minimum atomic E-state index is -0.608. The minimum Gasteiger partial charge on any atom is -0.319 e. The highest BCUT2D eigenvalue weighted by Crippen LogP contribution is 2.35. The topological polar surface area (TPSA) is 72.2 Å². The van der Waals surface area contributed by atoms with E-state index in [0.717, 1.165) is 15.7 Å². The highest BCUT2D eigenvalue weighted by atomic mass is 127. The Morgan fingerprint density at radius 1 is 1.19 bits per heavy atom. The van der Waals surface area contributed by atoms with E-state index in [9.17, 15) is 14.9 Å². The fourth-order valence-electron chi connectivity index (χ4n) is 1.61. The fraction of sp³-hybridized carbons (Fsp3) is 0. The average molecular weight is 437 g/mol. The first-order chi connectivity index (χ1) is 9.90. The predicted octanol–water partition coefficient (Wildman–Crippen LogP) is 4.76. The number of amides is 1. The van der Waals surface area contributed by atoms with Crippen LogP contribution in [0, 0.1) is 13.7 Å². The van der Waals surface area contributed by atoms with Gasteiger partial charge in [-0.25, -0.2) is 0 Å². The van der Waals surface area contributed by atoms with Gasteiger partial charge in [0.1, 0.15) is 0 Å². The maximum absolute atomic E-state index is 12.2. The van der Waals surface area contributed by atoms with Crippen molar-refractivity contribution in [3.63, 3.8) is 0 Å². The maximum atomic E-state index is 12.2. The molecular formula is C13H7Cl2IN2O3. The van der Waals surface area contributed by atoms with Crippen molar-refractivity contribution in [1.82, 2.24) is 0 Å². The lowest BCUT2D eigenvalue weighted by Crippen LogP contribution is -2.14. The molecule has 5 nitrogen and oxygen atoms in total. The van der Waals surface area contributed by atoms with E-state index in [0.29, 0.717) is 5.56 Å². The minimum absolute atomic E-state index is 0.00786. The van der Waals surface area contributed by atoms with Crippen molar-refractivity contribution in [3.8, 4) is 0 Å². The Balaban J connectivity index is 2.34. The number of halogens is 3. The zero-order valence-electron chi connectivity index (χ0n) is 10.3. The molecule has 108 valence electrons. The third-order valence-corrected chi connectivity index (χ3v) is 4.13. The second-order valence-electron chi connectivity index (χ2n) is 3.98. The van der Waals surface area contributed by atoms with Gasteiger partial charge in [0.25, 0.3) is 11.6 Å². The van der Waals surface area contributed by atoms with E-state index in [2.05, 4.69) is 5.32 Å². The molecule has 0 heterocycles. The molecule has 0 aliphatic rings. The number of nitro benzene ring substituents is 1. The van der Waals surface area contributed by atoms with Gasteiger partial charge < -0.3 is 5.32 Å². The maximum Gasteiger partial charge on any atom is 0.272 e.